The zero-order valence-corrected chi connectivity index (χ0v) is 10.3. The molecule has 18 heavy (non-hydrogen) atoms. The highest BCUT2D eigenvalue weighted by Gasteiger charge is 2.12. The van der Waals surface area contributed by atoms with Gasteiger partial charge in [-0.25, -0.2) is 0 Å². The standard InChI is InChI=1S/C13H15N3O2/c1-3-9-7-14-16-12(9)15-13(18)11-5-4-10(17)6-8(11)2/h4-7,17H,3H2,1-2H3,(H2,14,15,16,18). The molecule has 0 aliphatic carbocycles. The first kappa shape index (κ1) is 12.2. The van der Waals surface area contributed by atoms with E-state index in [1.54, 1.807) is 25.3 Å². The van der Waals surface area contributed by atoms with E-state index in [9.17, 15) is 9.90 Å². The third-order valence-electron chi connectivity index (χ3n) is 2.79. The van der Waals surface area contributed by atoms with Gasteiger partial charge in [-0.2, -0.15) is 5.10 Å². The van der Waals surface area contributed by atoms with Crippen molar-refractivity contribution < 1.29 is 9.90 Å². The summed E-state index contributed by atoms with van der Waals surface area (Å²) in [5.41, 5.74) is 2.22. The first-order valence-corrected chi connectivity index (χ1v) is 5.75. The number of H-pyrrole nitrogens is 1. The first-order chi connectivity index (χ1) is 8.61. The number of benzene rings is 1. The molecular formula is C13H15N3O2. The molecular weight excluding hydrogens is 230 g/mol. The number of anilines is 1. The number of amides is 1. The van der Waals surface area contributed by atoms with Crippen molar-refractivity contribution in [2.45, 2.75) is 20.3 Å². The first-order valence-electron chi connectivity index (χ1n) is 5.75. The van der Waals surface area contributed by atoms with Crippen molar-refractivity contribution in [1.82, 2.24) is 10.2 Å². The van der Waals surface area contributed by atoms with E-state index in [-0.39, 0.29) is 11.7 Å². The van der Waals surface area contributed by atoms with Crippen molar-refractivity contribution in [3.63, 3.8) is 0 Å². The zero-order valence-electron chi connectivity index (χ0n) is 10.3. The molecule has 0 unspecified atom stereocenters. The Bertz CT molecular complexity index is 575. The molecule has 1 aromatic heterocycles. The molecule has 0 aliphatic heterocycles. The van der Waals surface area contributed by atoms with Crippen LogP contribution in [-0.2, 0) is 6.42 Å². The normalized spacial score (nSPS) is 10.3. The molecule has 5 heteroatoms. The number of nitrogens with zero attached hydrogens (tertiary/aromatic N) is 1. The summed E-state index contributed by atoms with van der Waals surface area (Å²) in [4.78, 5) is 12.1. The topological polar surface area (TPSA) is 78.0 Å². The summed E-state index contributed by atoms with van der Waals surface area (Å²) in [7, 11) is 0. The molecule has 2 rings (SSSR count). The monoisotopic (exact) mass is 245 g/mol. The number of rotatable bonds is 3. The Morgan fingerprint density at radius 2 is 2.28 bits per heavy atom. The molecule has 0 spiro atoms. The Kier molecular flexibility index (Phi) is 3.32. The Morgan fingerprint density at radius 1 is 1.50 bits per heavy atom. The van der Waals surface area contributed by atoms with Gasteiger partial charge in [0, 0.05) is 11.1 Å². The number of aromatic nitrogens is 2. The lowest BCUT2D eigenvalue weighted by Gasteiger charge is -2.07. The highest BCUT2D eigenvalue weighted by atomic mass is 16.3. The van der Waals surface area contributed by atoms with Crippen LogP contribution in [0.3, 0.4) is 0 Å². The Hall–Kier alpha value is -2.30. The van der Waals surface area contributed by atoms with Crippen LogP contribution in [0.4, 0.5) is 5.82 Å². The molecule has 1 heterocycles. The highest BCUT2D eigenvalue weighted by molar-refractivity contribution is 6.05. The Morgan fingerprint density at radius 3 is 2.94 bits per heavy atom. The van der Waals surface area contributed by atoms with Gasteiger partial charge in [-0.05, 0) is 37.1 Å². The largest absolute Gasteiger partial charge is 0.508 e. The minimum absolute atomic E-state index is 0.153. The quantitative estimate of drug-likeness (QED) is 0.776. The van der Waals surface area contributed by atoms with Crippen molar-refractivity contribution in [3.05, 3.63) is 41.1 Å². The van der Waals surface area contributed by atoms with Gasteiger partial charge in [-0.3, -0.25) is 9.89 Å². The Balaban J connectivity index is 2.22. The van der Waals surface area contributed by atoms with Crippen LogP contribution in [0.15, 0.2) is 24.4 Å². The minimum Gasteiger partial charge on any atom is -0.508 e. The molecule has 1 amide bonds. The number of aromatic hydroxyl groups is 1. The van der Waals surface area contributed by atoms with E-state index in [0.717, 1.165) is 17.5 Å². The second-order valence-electron chi connectivity index (χ2n) is 4.08. The lowest BCUT2D eigenvalue weighted by molar-refractivity contribution is 0.102. The summed E-state index contributed by atoms with van der Waals surface area (Å²) >= 11 is 0. The van der Waals surface area contributed by atoms with Crippen molar-refractivity contribution >= 4 is 11.7 Å². The maximum atomic E-state index is 12.1. The average Bonchev–Trinajstić information content (AvgIpc) is 2.76. The Labute approximate surface area is 105 Å². The zero-order chi connectivity index (χ0) is 13.1. The summed E-state index contributed by atoms with van der Waals surface area (Å²) in [6, 6.07) is 4.65. The molecule has 5 nitrogen and oxygen atoms in total. The van der Waals surface area contributed by atoms with Crippen LogP contribution in [0, 0.1) is 6.92 Å². The molecule has 0 radical (unpaired) electrons. The van der Waals surface area contributed by atoms with Crippen LogP contribution in [0.25, 0.3) is 0 Å². The number of phenols is 1. The second-order valence-corrected chi connectivity index (χ2v) is 4.08. The molecule has 2 aromatic rings. The molecule has 0 bridgehead atoms. The molecule has 0 saturated heterocycles. The average molecular weight is 245 g/mol. The fourth-order valence-electron chi connectivity index (χ4n) is 1.77. The van der Waals surface area contributed by atoms with Gasteiger partial charge < -0.3 is 10.4 Å². The lowest BCUT2D eigenvalue weighted by atomic mass is 10.1. The maximum absolute atomic E-state index is 12.1. The molecule has 1 aromatic carbocycles. The third-order valence-corrected chi connectivity index (χ3v) is 2.79. The van der Waals surface area contributed by atoms with Crippen LogP contribution < -0.4 is 5.32 Å². The summed E-state index contributed by atoms with van der Waals surface area (Å²) in [6.07, 6.45) is 2.49. The maximum Gasteiger partial charge on any atom is 0.257 e. The fraction of sp³-hybridized carbons (Fsp3) is 0.231. The number of aryl methyl sites for hydroxylation is 2. The van der Waals surface area contributed by atoms with E-state index in [1.807, 2.05) is 6.92 Å². The van der Waals surface area contributed by atoms with Gasteiger partial charge in [0.05, 0.1) is 6.20 Å². The van der Waals surface area contributed by atoms with E-state index < -0.39 is 0 Å². The predicted octanol–water partition coefficient (Wildman–Crippen LogP) is 2.24. The molecule has 0 saturated carbocycles. The SMILES string of the molecule is CCc1cn[nH]c1NC(=O)c1ccc(O)cc1C. The van der Waals surface area contributed by atoms with Gasteiger partial charge in [0.1, 0.15) is 11.6 Å². The van der Waals surface area contributed by atoms with Crippen LogP contribution in [0.2, 0.25) is 0 Å². The van der Waals surface area contributed by atoms with Gasteiger partial charge in [-0.15, -0.1) is 0 Å². The van der Waals surface area contributed by atoms with E-state index in [2.05, 4.69) is 15.5 Å². The second kappa shape index (κ2) is 4.91. The number of phenolic OH excluding ortho intramolecular Hbond substituents is 1. The minimum atomic E-state index is -0.216. The van der Waals surface area contributed by atoms with E-state index >= 15 is 0 Å². The summed E-state index contributed by atoms with van der Waals surface area (Å²) in [6.45, 7) is 3.77. The van der Waals surface area contributed by atoms with Gasteiger partial charge >= 0.3 is 0 Å². The lowest BCUT2D eigenvalue weighted by Crippen LogP contribution is -2.14. The van der Waals surface area contributed by atoms with Gasteiger partial charge in [0.15, 0.2) is 0 Å². The number of aromatic amines is 1. The number of carbonyl (C=O) groups is 1. The van der Waals surface area contributed by atoms with E-state index in [0.29, 0.717) is 11.4 Å². The molecule has 0 fully saturated rings. The number of nitrogens with one attached hydrogen (secondary N) is 2. The molecule has 94 valence electrons. The third kappa shape index (κ3) is 2.34. The molecule has 0 atom stereocenters. The van der Waals surface area contributed by atoms with Crippen LogP contribution >= 0.6 is 0 Å². The molecule has 3 N–H and O–H groups in total. The summed E-state index contributed by atoms with van der Waals surface area (Å²) in [5, 5.41) is 18.7. The van der Waals surface area contributed by atoms with Gasteiger partial charge in [0.25, 0.3) is 5.91 Å². The summed E-state index contributed by atoms with van der Waals surface area (Å²) in [5.74, 6) is 0.557. The number of hydrogen-bond donors (Lipinski definition) is 3. The highest BCUT2D eigenvalue weighted by Crippen LogP contribution is 2.18. The predicted molar refractivity (Wildman–Crippen MR) is 68.8 cm³/mol. The molecule has 0 aliphatic rings. The van der Waals surface area contributed by atoms with Crippen LogP contribution in [0.1, 0.15) is 28.4 Å². The van der Waals surface area contributed by atoms with Crippen molar-refractivity contribution in [3.8, 4) is 5.75 Å². The van der Waals surface area contributed by atoms with Gasteiger partial charge in [0.2, 0.25) is 0 Å². The fourth-order valence-corrected chi connectivity index (χ4v) is 1.77. The van der Waals surface area contributed by atoms with E-state index in [4.69, 9.17) is 0 Å². The van der Waals surface area contributed by atoms with Crippen molar-refractivity contribution in [1.29, 1.82) is 0 Å². The van der Waals surface area contributed by atoms with Crippen LogP contribution in [0.5, 0.6) is 5.75 Å². The van der Waals surface area contributed by atoms with Crippen molar-refractivity contribution in [2.75, 3.05) is 5.32 Å². The van der Waals surface area contributed by atoms with Gasteiger partial charge in [-0.1, -0.05) is 6.92 Å². The van der Waals surface area contributed by atoms with E-state index in [1.165, 1.54) is 6.07 Å². The summed E-state index contributed by atoms with van der Waals surface area (Å²) < 4.78 is 0. The van der Waals surface area contributed by atoms with Crippen LogP contribution in [-0.4, -0.2) is 21.2 Å². The smallest absolute Gasteiger partial charge is 0.257 e. The number of carbonyl (C=O) groups excluding carboxylic acids is 1. The van der Waals surface area contributed by atoms with Crippen molar-refractivity contribution in [2.24, 2.45) is 0 Å². The number of hydrogen-bond acceptors (Lipinski definition) is 3.